The van der Waals surface area contributed by atoms with Gasteiger partial charge in [0, 0.05) is 12.1 Å². The van der Waals surface area contributed by atoms with Gasteiger partial charge in [-0.05, 0) is 24.6 Å². The van der Waals surface area contributed by atoms with Gasteiger partial charge in [0.2, 0.25) is 11.1 Å². The molecule has 0 aliphatic heterocycles. The number of nitrogens with zero attached hydrogens (tertiary/aromatic N) is 2. The number of methoxy groups -OCH3 is 2. The van der Waals surface area contributed by atoms with Gasteiger partial charge in [0.25, 0.3) is 0 Å². The van der Waals surface area contributed by atoms with Crippen LogP contribution in [-0.2, 0) is 20.7 Å². The van der Waals surface area contributed by atoms with E-state index in [1.54, 1.807) is 0 Å². The highest BCUT2D eigenvalue weighted by Crippen LogP contribution is 2.18. The number of carbonyl (C=O) groups excluding carboxylic acids is 3. The first-order chi connectivity index (χ1) is 13.0. The summed E-state index contributed by atoms with van der Waals surface area (Å²) in [5.74, 6) is -0.752. The number of aryl methyl sites for hydroxylation is 1. The van der Waals surface area contributed by atoms with Crippen molar-refractivity contribution in [2.45, 2.75) is 24.9 Å². The van der Waals surface area contributed by atoms with Crippen molar-refractivity contribution in [3.8, 4) is 0 Å². The van der Waals surface area contributed by atoms with Crippen LogP contribution in [0, 0.1) is 0 Å². The molecule has 27 heavy (non-hydrogen) atoms. The van der Waals surface area contributed by atoms with E-state index >= 15 is 0 Å². The number of anilines is 1. The Balaban J connectivity index is 2.06. The molecule has 0 aliphatic rings. The highest BCUT2D eigenvalue weighted by atomic mass is 32.2. The average molecular weight is 392 g/mol. The molecule has 144 valence electrons. The van der Waals surface area contributed by atoms with Crippen LogP contribution in [-0.4, -0.2) is 53.0 Å². The average Bonchev–Trinajstić information content (AvgIpc) is 3.12. The molecule has 1 heterocycles. The van der Waals surface area contributed by atoms with E-state index in [-0.39, 0.29) is 28.5 Å². The van der Waals surface area contributed by atoms with E-state index in [9.17, 15) is 14.4 Å². The fraction of sp³-hybridized carbons (Fsp3) is 0.353. The lowest BCUT2D eigenvalue weighted by Gasteiger charge is -2.09. The number of aromatic nitrogens is 3. The number of thioether (sulfide) groups is 1. The van der Waals surface area contributed by atoms with E-state index in [0.717, 1.165) is 18.7 Å². The number of amides is 1. The Hall–Kier alpha value is -2.88. The van der Waals surface area contributed by atoms with Crippen molar-refractivity contribution in [1.29, 1.82) is 0 Å². The van der Waals surface area contributed by atoms with Crippen molar-refractivity contribution in [3.63, 3.8) is 0 Å². The Labute approximate surface area is 160 Å². The summed E-state index contributed by atoms with van der Waals surface area (Å²) in [6, 6.07) is 4.19. The van der Waals surface area contributed by atoms with Gasteiger partial charge in [-0.1, -0.05) is 18.7 Å². The largest absolute Gasteiger partial charge is 0.465 e. The number of benzene rings is 1. The summed E-state index contributed by atoms with van der Waals surface area (Å²) in [5.41, 5.74) is 0.536. The van der Waals surface area contributed by atoms with Gasteiger partial charge >= 0.3 is 11.9 Å². The number of nitrogens with one attached hydrogen (secondary N) is 2. The maximum absolute atomic E-state index is 12.2. The normalized spacial score (nSPS) is 10.3. The van der Waals surface area contributed by atoms with Crippen LogP contribution in [0.3, 0.4) is 0 Å². The molecular formula is C17H20N4O5S. The number of carbonyl (C=O) groups is 3. The molecule has 1 amide bonds. The molecule has 0 fully saturated rings. The molecule has 1 aromatic carbocycles. The second-order valence-electron chi connectivity index (χ2n) is 5.43. The first kappa shape index (κ1) is 20.4. The third-order valence-electron chi connectivity index (χ3n) is 3.39. The van der Waals surface area contributed by atoms with E-state index in [4.69, 9.17) is 0 Å². The van der Waals surface area contributed by atoms with Crippen molar-refractivity contribution < 1.29 is 23.9 Å². The number of esters is 2. The van der Waals surface area contributed by atoms with Gasteiger partial charge in [0.15, 0.2) is 0 Å². The zero-order valence-electron chi connectivity index (χ0n) is 15.2. The van der Waals surface area contributed by atoms with Gasteiger partial charge in [0.1, 0.15) is 5.82 Å². The third-order valence-corrected chi connectivity index (χ3v) is 4.24. The molecule has 2 N–H and O–H groups in total. The van der Waals surface area contributed by atoms with E-state index in [1.165, 1.54) is 44.2 Å². The van der Waals surface area contributed by atoms with Gasteiger partial charge in [-0.25, -0.2) is 14.6 Å². The zero-order chi connectivity index (χ0) is 19.8. The quantitative estimate of drug-likeness (QED) is 0.517. The first-order valence-electron chi connectivity index (χ1n) is 8.12. The monoisotopic (exact) mass is 392 g/mol. The van der Waals surface area contributed by atoms with Crippen molar-refractivity contribution in [2.24, 2.45) is 0 Å². The summed E-state index contributed by atoms with van der Waals surface area (Å²) in [4.78, 5) is 40.0. The lowest BCUT2D eigenvalue weighted by atomic mass is 10.1. The molecule has 0 bridgehead atoms. The number of ether oxygens (including phenoxy) is 2. The number of aromatic amines is 1. The summed E-state index contributed by atoms with van der Waals surface area (Å²) in [6.45, 7) is 2.04. The summed E-state index contributed by atoms with van der Waals surface area (Å²) in [6.07, 6.45) is 1.73. The molecule has 0 atom stereocenters. The lowest BCUT2D eigenvalue weighted by Crippen LogP contribution is -2.16. The van der Waals surface area contributed by atoms with Crippen molar-refractivity contribution in [2.75, 3.05) is 25.3 Å². The summed E-state index contributed by atoms with van der Waals surface area (Å²) >= 11 is 1.18. The second-order valence-corrected chi connectivity index (χ2v) is 6.38. The van der Waals surface area contributed by atoms with Gasteiger partial charge < -0.3 is 14.8 Å². The molecule has 10 heteroatoms. The van der Waals surface area contributed by atoms with Crippen molar-refractivity contribution in [1.82, 2.24) is 15.2 Å². The molecule has 0 aliphatic carbocycles. The highest BCUT2D eigenvalue weighted by molar-refractivity contribution is 7.99. The number of hydrogen-bond donors (Lipinski definition) is 2. The van der Waals surface area contributed by atoms with Gasteiger partial charge in [0.05, 0.1) is 31.1 Å². The van der Waals surface area contributed by atoms with Crippen LogP contribution >= 0.6 is 11.8 Å². The minimum Gasteiger partial charge on any atom is -0.465 e. The predicted molar refractivity (Wildman–Crippen MR) is 98.9 cm³/mol. The Morgan fingerprint density at radius 1 is 1.11 bits per heavy atom. The molecule has 0 radical (unpaired) electrons. The second kappa shape index (κ2) is 9.72. The summed E-state index contributed by atoms with van der Waals surface area (Å²) < 4.78 is 9.33. The van der Waals surface area contributed by atoms with Crippen molar-refractivity contribution >= 4 is 35.3 Å². The maximum atomic E-state index is 12.2. The third kappa shape index (κ3) is 5.81. The van der Waals surface area contributed by atoms with E-state index in [2.05, 4.69) is 30.0 Å². The summed E-state index contributed by atoms with van der Waals surface area (Å²) in [7, 11) is 2.46. The highest BCUT2D eigenvalue weighted by Gasteiger charge is 2.15. The molecular weight excluding hydrogens is 372 g/mol. The number of hydrogen-bond acceptors (Lipinski definition) is 8. The zero-order valence-corrected chi connectivity index (χ0v) is 16.0. The van der Waals surface area contributed by atoms with Gasteiger partial charge in [-0.2, -0.15) is 0 Å². The van der Waals surface area contributed by atoms with E-state index < -0.39 is 11.9 Å². The number of rotatable bonds is 8. The molecule has 0 saturated heterocycles. The van der Waals surface area contributed by atoms with Crippen LogP contribution in [0.15, 0.2) is 23.4 Å². The van der Waals surface area contributed by atoms with E-state index in [0.29, 0.717) is 5.16 Å². The van der Waals surface area contributed by atoms with Crippen LogP contribution in [0.5, 0.6) is 0 Å². The summed E-state index contributed by atoms with van der Waals surface area (Å²) in [5, 5.41) is 9.97. The molecule has 0 unspecified atom stereocenters. The first-order valence-corrected chi connectivity index (χ1v) is 9.11. The molecule has 0 saturated carbocycles. The molecule has 2 rings (SSSR count). The maximum Gasteiger partial charge on any atom is 0.337 e. The minimum absolute atomic E-state index is 0.0689. The van der Waals surface area contributed by atoms with Crippen molar-refractivity contribution in [3.05, 3.63) is 35.2 Å². The lowest BCUT2D eigenvalue weighted by molar-refractivity contribution is -0.113. The SMILES string of the molecule is CCCc1nc(SCC(=O)Nc2cc(C(=O)OC)cc(C(=O)OC)c2)n[nH]1. The minimum atomic E-state index is -0.630. The Kier molecular flexibility index (Phi) is 7.35. The van der Waals surface area contributed by atoms with Crippen LogP contribution in [0.25, 0.3) is 0 Å². The Bertz CT molecular complexity index is 802. The Morgan fingerprint density at radius 3 is 2.30 bits per heavy atom. The van der Waals surface area contributed by atoms with Crippen LogP contribution in [0.2, 0.25) is 0 Å². The Morgan fingerprint density at radius 2 is 1.74 bits per heavy atom. The van der Waals surface area contributed by atoms with E-state index in [1.807, 2.05) is 6.92 Å². The van der Waals surface area contributed by atoms with Crippen LogP contribution < -0.4 is 5.32 Å². The standard InChI is InChI=1S/C17H20N4O5S/c1-4-5-13-19-17(21-20-13)27-9-14(22)18-12-7-10(15(23)25-2)6-11(8-12)16(24)26-3/h6-8H,4-5,9H2,1-3H3,(H,18,22)(H,19,20,21). The number of H-pyrrole nitrogens is 1. The van der Waals surface area contributed by atoms with Crippen LogP contribution in [0.1, 0.15) is 39.9 Å². The smallest absolute Gasteiger partial charge is 0.337 e. The molecule has 1 aromatic heterocycles. The van der Waals surface area contributed by atoms with Gasteiger partial charge in [-0.15, -0.1) is 5.10 Å². The molecule has 2 aromatic rings. The molecule has 9 nitrogen and oxygen atoms in total. The fourth-order valence-electron chi connectivity index (χ4n) is 2.19. The van der Waals surface area contributed by atoms with Gasteiger partial charge in [-0.3, -0.25) is 9.89 Å². The fourth-order valence-corrected chi connectivity index (χ4v) is 2.81. The topological polar surface area (TPSA) is 123 Å². The predicted octanol–water partition coefficient (Wildman–Crippen LogP) is 2.06. The molecule has 0 spiro atoms. The van der Waals surface area contributed by atoms with Crippen LogP contribution in [0.4, 0.5) is 5.69 Å².